The van der Waals surface area contributed by atoms with Gasteiger partial charge in [0.25, 0.3) is 5.56 Å². The molecule has 7 heteroatoms. The zero-order valence-corrected chi connectivity index (χ0v) is 10.8. The second kappa shape index (κ2) is 5.92. The molecule has 0 fully saturated rings. The van der Waals surface area contributed by atoms with Crippen molar-refractivity contribution in [2.24, 2.45) is 0 Å². The highest BCUT2D eigenvalue weighted by Crippen LogP contribution is 1.84. The van der Waals surface area contributed by atoms with Crippen LogP contribution in [0.4, 0.5) is 0 Å². The van der Waals surface area contributed by atoms with Crippen molar-refractivity contribution in [1.82, 2.24) is 14.9 Å². The third-order valence-electron chi connectivity index (χ3n) is 2.20. The summed E-state index contributed by atoms with van der Waals surface area (Å²) in [5, 5.41) is 2.97. The zero-order valence-electron chi connectivity index (χ0n) is 10.0. The lowest BCUT2D eigenvalue weighted by molar-refractivity contribution is 0.577. The lowest BCUT2D eigenvalue weighted by Crippen LogP contribution is -2.29. The quantitative estimate of drug-likeness (QED) is 0.675. The maximum atomic E-state index is 11.5. The minimum Gasteiger partial charge on any atom is -0.314 e. The van der Waals surface area contributed by atoms with Gasteiger partial charge in [-0.05, 0) is 6.92 Å². The summed E-state index contributed by atoms with van der Waals surface area (Å²) in [6.07, 6.45) is 2.69. The summed E-state index contributed by atoms with van der Waals surface area (Å²) in [4.78, 5) is 15.5. The summed E-state index contributed by atoms with van der Waals surface area (Å²) >= 11 is 0. The Morgan fingerprint density at radius 2 is 2.12 bits per heavy atom. The fourth-order valence-electron chi connectivity index (χ4n) is 1.27. The van der Waals surface area contributed by atoms with Crippen molar-refractivity contribution >= 4 is 9.84 Å². The summed E-state index contributed by atoms with van der Waals surface area (Å²) in [5.41, 5.74) is 0.596. The number of sulfone groups is 1. The second-order valence-corrected chi connectivity index (χ2v) is 6.20. The monoisotopic (exact) mass is 259 g/mol. The fraction of sp³-hybridized carbons (Fsp3) is 0.600. The SMILES string of the molecule is Cc1cc(=O)n(CCNCCS(C)(=O)=O)cn1. The normalized spacial score (nSPS) is 11.6. The smallest absolute Gasteiger partial charge is 0.253 e. The van der Waals surface area contributed by atoms with Crippen LogP contribution in [0.2, 0.25) is 0 Å². The number of aryl methyl sites for hydroxylation is 1. The standard InChI is InChI=1S/C10H17N3O3S/c1-9-7-10(14)13(8-12-9)5-3-11-4-6-17(2,15)16/h7-8,11H,3-6H2,1-2H3. The van der Waals surface area contributed by atoms with Crippen LogP contribution in [0.25, 0.3) is 0 Å². The predicted octanol–water partition coefficient (Wildman–Crippen LogP) is -0.814. The van der Waals surface area contributed by atoms with Crippen LogP contribution in [-0.4, -0.2) is 43.1 Å². The topological polar surface area (TPSA) is 81.1 Å². The number of hydrogen-bond donors (Lipinski definition) is 1. The summed E-state index contributed by atoms with van der Waals surface area (Å²) in [7, 11) is -2.93. The van der Waals surface area contributed by atoms with Gasteiger partial charge in [-0.2, -0.15) is 0 Å². The molecule has 0 aliphatic rings. The van der Waals surface area contributed by atoms with E-state index < -0.39 is 9.84 Å². The molecule has 6 nitrogen and oxygen atoms in total. The van der Waals surface area contributed by atoms with E-state index in [1.807, 2.05) is 0 Å². The average Bonchev–Trinajstić information content (AvgIpc) is 2.18. The van der Waals surface area contributed by atoms with Gasteiger partial charge in [0.2, 0.25) is 0 Å². The van der Waals surface area contributed by atoms with Crippen LogP contribution in [0.1, 0.15) is 5.69 Å². The van der Waals surface area contributed by atoms with Crippen molar-refractivity contribution in [2.75, 3.05) is 25.1 Å². The Kier molecular flexibility index (Phi) is 4.83. The van der Waals surface area contributed by atoms with E-state index in [2.05, 4.69) is 10.3 Å². The molecular weight excluding hydrogens is 242 g/mol. The Balaban J connectivity index is 2.34. The Bertz CT molecular complexity index is 522. The molecule has 1 heterocycles. The van der Waals surface area contributed by atoms with E-state index in [9.17, 15) is 13.2 Å². The second-order valence-electron chi connectivity index (χ2n) is 3.94. The van der Waals surface area contributed by atoms with Gasteiger partial charge in [-0.3, -0.25) is 9.36 Å². The van der Waals surface area contributed by atoms with E-state index in [-0.39, 0.29) is 11.3 Å². The van der Waals surface area contributed by atoms with Gasteiger partial charge in [-0.15, -0.1) is 0 Å². The van der Waals surface area contributed by atoms with Crippen molar-refractivity contribution in [3.8, 4) is 0 Å². The molecule has 0 unspecified atom stereocenters. The molecule has 0 spiro atoms. The van der Waals surface area contributed by atoms with E-state index >= 15 is 0 Å². The van der Waals surface area contributed by atoms with E-state index in [0.717, 1.165) is 0 Å². The highest BCUT2D eigenvalue weighted by Gasteiger charge is 2.01. The first-order valence-electron chi connectivity index (χ1n) is 5.30. The van der Waals surface area contributed by atoms with Gasteiger partial charge >= 0.3 is 0 Å². The summed E-state index contributed by atoms with van der Waals surface area (Å²) in [5.74, 6) is 0.105. The Hall–Kier alpha value is -1.21. The molecule has 0 amide bonds. The van der Waals surface area contributed by atoms with Crippen LogP contribution in [0.15, 0.2) is 17.2 Å². The number of rotatable bonds is 6. The third-order valence-corrected chi connectivity index (χ3v) is 3.14. The lowest BCUT2D eigenvalue weighted by atomic mass is 10.4. The molecule has 96 valence electrons. The molecule has 0 saturated heterocycles. The Labute approximate surface area is 101 Å². The maximum absolute atomic E-state index is 11.5. The summed E-state index contributed by atoms with van der Waals surface area (Å²) in [6, 6.07) is 1.47. The molecule has 1 rings (SSSR count). The molecule has 1 aromatic heterocycles. The highest BCUT2D eigenvalue weighted by atomic mass is 32.2. The first-order chi connectivity index (χ1) is 7.88. The van der Waals surface area contributed by atoms with Gasteiger partial charge in [0, 0.05) is 37.7 Å². The van der Waals surface area contributed by atoms with Gasteiger partial charge < -0.3 is 5.32 Å². The van der Waals surface area contributed by atoms with Crippen LogP contribution in [0.3, 0.4) is 0 Å². The number of aromatic nitrogens is 2. The highest BCUT2D eigenvalue weighted by molar-refractivity contribution is 7.90. The molecular formula is C10H17N3O3S. The molecule has 0 atom stereocenters. The third kappa shape index (κ3) is 5.60. The Morgan fingerprint density at radius 3 is 2.71 bits per heavy atom. The largest absolute Gasteiger partial charge is 0.314 e. The summed E-state index contributed by atoms with van der Waals surface area (Å²) < 4.78 is 23.2. The van der Waals surface area contributed by atoms with Gasteiger partial charge in [-0.25, -0.2) is 13.4 Å². The van der Waals surface area contributed by atoms with Crippen LogP contribution < -0.4 is 10.9 Å². The lowest BCUT2D eigenvalue weighted by Gasteiger charge is -2.06. The molecule has 0 aliphatic carbocycles. The van der Waals surface area contributed by atoms with E-state index in [1.54, 1.807) is 6.92 Å². The van der Waals surface area contributed by atoms with E-state index in [4.69, 9.17) is 0 Å². The van der Waals surface area contributed by atoms with Gasteiger partial charge in [0.05, 0.1) is 12.1 Å². The molecule has 0 aromatic carbocycles. The molecule has 1 N–H and O–H groups in total. The molecule has 0 aliphatic heterocycles. The Morgan fingerprint density at radius 1 is 1.41 bits per heavy atom. The molecule has 0 saturated carbocycles. The molecule has 17 heavy (non-hydrogen) atoms. The van der Waals surface area contributed by atoms with Gasteiger partial charge in [0.1, 0.15) is 9.84 Å². The fourth-order valence-corrected chi connectivity index (χ4v) is 1.78. The van der Waals surface area contributed by atoms with E-state index in [0.29, 0.717) is 25.3 Å². The minimum atomic E-state index is -2.93. The molecule has 0 radical (unpaired) electrons. The van der Waals surface area contributed by atoms with Gasteiger partial charge in [-0.1, -0.05) is 0 Å². The number of hydrogen-bond acceptors (Lipinski definition) is 5. The van der Waals surface area contributed by atoms with Gasteiger partial charge in [0.15, 0.2) is 0 Å². The predicted molar refractivity (Wildman–Crippen MR) is 65.8 cm³/mol. The summed E-state index contributed by atoms with van der Waals surface area (Å²) in [6.45, 7) is 3.18. The maximum Gasteiger partial charge on any atom is 0.253 e. The van der Waals surface area contributed by atoms with Crippen molar-refractivity contribution in [2.45, 2.75) is 13.5 Å². The van der Waals surface area contributed by atoms with Crippen molar-refractivity contribution in [3.63, 3.8) is 0 Å². The minimum absolute atomic E-state index is 0.0950. The first kappa shape index (κ1) is 13.9. The van der Waals surface area contributed by atoms with Crippen LogP contribution in [-0.2, 0) is 16.4 Å². The number of nitrogens with zero attached hydrogens (tertiary/aromatic N) is 2. The zero-order chi connectivity index (χ0) is 12.9. The van der Waals surface area contributed by atoms with Crippen molar-refractivity contribution in [1.29, 1.82) is 0 Å². The van der Waals surface area contributed by atoms with Crippen molar-refractivity contribution < 1.29 is 8.42 Å². The number of nitrogens with one attached hydrogen (secondary N) is 1. The average molecular weight is 259 g/mol. The van der Waals surface area contributed by atoms with Crippen molar-refractivity contribution in [3.05, 3.63) is 28.4 Å². The van der Waals surface area contributed by atoms with Crippen LogP contribution in [0, 0.1) is 6.92 Å². The van der Waals surface area contributed by atoms with Crippen LogP contribution in [0.5, 0.6) is 0 Å². The van der Waals surface area contributed by atoms with E-state index in [1.165, 1.54) is 23.2 Å². The van der Waals surface area contributed by atoms with Crippen LogP contribution >= 0.6 is 0 Å². The molecule has 1 aromatic rings. The molecule has 0 bridgehead atoms. The first-order valence-corrected chi connectivity index (χ1v) is 7.36.